The Hall–Kier alpha value is -4.99. The van der Waals surface area contributed by atoms with E-state index in [-0.39, 0.29) is 23.6 Å². The fourth-order valence-electron chi connectivity index (χ4n) is 6.41. The van der Waals surface area contributed by atoms with Crippen LogP contribution in [0.5, 0.6) is 5.75 Å². The number of carbonyl (C=O) groups excluding carboxylic acids is 1. The van der Waals surface area contributed by atoms with Crippen LogP contribution in [0.15, 0.2) is 77.6 Å². The van der Waals surface area contributed by atoms with E-state index < -0.39 is 0 Å². The molecule has 1 aliphatic rings. The zero-order valence-electron chi connectivity index (χ0n) is 26.6. The zero-order chi connectivity index (χ0) is 32.0. The van der Waals surface area contributed by atoms with Gasteiger partial charge in [-0.15, -0.1) is 5.10 Å². The van der Waals surface area contributed by atoms with Crippen molar-refractivity contribution in [1.82, 2.24) is 30.0 Å². The van der Waals surface area contributed by atoms with E-state index in [2.05, 4.69) is 69.5 Å². The van der Waals surface area contributed by atoms with E-state index in [1.54, 1.807) is 25.1 Å². The van der Waals surface area contributed by atoms with Crippen molar-refractivity contribution in [3.63, 3.8) is 0 Å². The number of ether oxygens (including phenoxy) is 2. The van der Waals surface area contributed by atoms with Crippen LogP contribution in [0.1, 0.15) is 85.7 Å². The third-order valence-electron chi connectivity index (χ3n) is 8.73. The fourth-order valence-corrected chi connectivity index (χ4v) is 6.41. The van der Waals surface area contributed by atoms with Crippen LogP contribution in [0, 0.1) is 0 Å². The van der Waals surface area contributed by atoms with Gasteiger partial charge < -0.3 is 9.47 Å². The van der Waals surface area contributed by atoms with Gasteiger partial charge in [0.25, 0.3) is 5.56 Å². The number of nitrogens with one attached hydrogen (secondary N) is 1. The molecule has 0 fully saturated rings. The number of nitrogens with zero attached hydrogens (tertiary/aromatic N) is 5. The number of H-pyrrole nitrogens is 1. The predicted molar refractivity (Wildman–Crippen MR) is 176 cm³/mol. The molecule has 5 aromatic rings. The van der Waals surface area contributed by atoms with Crippen molar-refractivity contribution in [2.24, 2.45) is 0 Å². The van der Waals surface area contributed by atoms with Crippen molar-refractivity contribution in [3.05, 3.63) is 106 Å². The monoisotopic (exact) mass is 620 g/mol. The molecule has 3 heterocycles. The number of fused-ring (bicyclic) bond motifs is 1. The van der Waals surface area contributed by atoms with E-state index in [0.29, 0.717) is 36.8 Å². The lowest BCUT2D eigenvalue weighted by atomic mass is 9.96. The van der Waals surface area contributed by atoms with Gasteiger partial charge in [-0.3, -0.25) is 9.48 Å². The van der Waals surface area contributed by atoms with Crippen molar-refractivity contribution in [1.29, 1.82) is 0 Å². The maximum absolute atomic E-state index is 14.3. The number of rotatable bonds is 12. The molecule has 0 bridgehead atoms. The minimum Gasteiger partial charge on any atom is -0.491 e. The van der Waals surface area contributed by atoms with Crippen molar-refractivity contribution >= 4 is 5.97 Å². The third kappa shape index (κ3) is 6.38. The van der Waals surface area contributed by atoms with Gasteiger partial charge in [0.1, 0.15) is 12.4 Å². The summed E-state index contributed by atoms with van der Waals surface area (Å²) in [4.78, 5) is 26.5. The second-order valence-corrected chi connectivity index (χ2v) is 11.8. The van der Waals surface area contributed by atoms with Crippen LogP contribution in [0.25, 0.3) is 22.5 Å². The largest absolute Gasteiger partial charge is 0.491 e. The highest BCUT2D eigenvalue weighted by molar-refractivity contribution is 5.89. The molecule has 10 heteroatoms. The number of carbonyl (C=O) groups is 1. The lowest BCUT2D eigenvalue weighted by molar-refractivity contribution is 0.0525. The molecule has 2 atom stereocenters. The van der Waals surface area contributed by atoms with Crippen LogP contribution in [-0.4, -0.2) is 49.2 Å². The number of aromatic amines is 1. The Bertz CT molecular complexity index is 1840. The average molecular weight is 621 g/mol. The summed E-state index contributed by atoms with van der Waals surface area (Å²) in [6, 6.07) is 23.6. The molecule has 1 N–H and O–H groups in total. The number of hydrogen-bond acceptors (Lipinski definition) is 7. The molecule has 0 aliphatic carbocycles. The quantitative estimate of drug-likeness (QED) is 0.157. The first-order valence-corrected chi connectivity index (χ1v) is 16.2. The van der Waals surface area contributed by atoms with Crippen molar-refractivity contribution in [3.8, 4) is 28.3 Å². The maximum atomic E-state index is 14.3. The molecule has 46 heavy (non-hydrogen) atoms. The first kappa shape index (κ1) is 31.0. The predicted octanol–water partition coefficient (Wildman–Crippen LogP) is 6.58. The molecular weight excluding hydrogens is 580 g/mol. The first-order valence-electron chi connectivity index (χ1n) is 16.2. The van der Waals surface area contributed by atoms with Gasteiger partial charge in [0.05, 0.1) is 18.2 Å². The summed E-state index contributed by atoms with van der Waals surface area (Å²) in [7, 11) is 0. The second kappa shape index (κ2) is 14.0. The molecule has 238 valence electrons. The zero-order valence-corrected chi connectivity index (χ0v) is 26.6. The van der Waals surface area contributed by atoms with Gasteiger partial charge in [-0.25, -0.2) is 14.6 Å². The fraction of sp³-hybridized carbons (Fsp3) is 0.361. The van der Waals surface area contributed by atoms with Gasteiger partial charge >= 0.3 is 5.97 Å². The second-order valence-electron chi connectivity index (χ2n) is 11.8. The molecule has 0 saturated heterocycles. The summed E-state index contributed by atoms with van der Waals surface area (Å²) in [5.74, 6) is 0.828. The van der Waals surface area contributed by atoms with Crippen LogP contribution in [0.4, 0.5) is 0 Å². The van der Waals surface area contributed by atoms with Crippen LogP contribution < -0.4 is 10.3 Å². The number of aromatic nitrogens is 6. The standard InChI is InChI=1S/C36H40N6O4/c1-4-6-14-33-32(21-25-16-18-26(19-17-25)30-12-7-8-13-31(30)34-37-39-40-38-34)35(43)42-28(20-15-24(3)41(33)42)23-46-29-11-9-10-27(22-29)36(44)45-5-2/h7-13,16-19,22,24,28H,4-6,14-15,20-21,23H2,1-3H3,(H,37,38,39,40). The molecule has 2 unspecified atom stereocenters. The molecule has 2 aromatic heterocycles. The first-order chi connectivity index (χ1) is 22.5. The molecule has 10 nitrogen and oxygen atoms in total. The molecular formula is C36H40N6O4. The minimum atomic E-state index is -0.376. The number of esters is 1. The van der Waals surface area contributed by atoms with Gasteiger partial charge in [-0.05, 0) is 84.8 Å². The van der Waals surface area contributed by atoms with Crippen molar-refractivity contribution < 1.29 is 14.3 Å². The van der Waals surface area contributed by atoms with E-state index in [9.17, 15) is 9.59 Å². The van der Waals surface area contributed by atoms with Crippen molar-refractivity contribution in [2.75, 3.05) is 13.2 Å². The normalized spacial score (nSPS) is 15.8. The summed E-state index contributed by atoms with van der Waals surface area (Å²) < 4.78 is 15.5. The van der Waals surface area contributed by atoms with Crippen LogP contribution in [0.2, 0.25) is 0 Å². The Morgan fingerprint density at radius 3 is 2.52 bits per heavy atom. The molecule has 0 saturated carbocycles. The van der Waals surface area contributed by atoms with Gasteiger partial charge in [-0.1, -0.05) is 67.9 Å². The highest BCUT2D eigenvalue weighted by Crippen LogP contribution is 2.33. The van der Waals surface area contributed by atoms with Crippen LogP contribution >= 0.6 is 0 Å². The molecule has 1 aliphatic heterocycles. The Kier molecular flexibility index (Phi) is 9.42. The van der Waals surface area contributed by atoms with Gasteiger partial charge in [-0.2, -0.15) is 0 Å². The summed E-state index contributed by atoms with van der Waals surface area (Å²) in [5.41, 5.74) is 6.57. The van der Waals surface area contributed by atoms with Crippen molar-refractivity contribution in [2.45, 2.75) is 71.4 Å². The molecule has 0 radical (unpaired) electrons. The number of tetrazole rings is 1. The van der Waals surface area contributed by atoms with Gasteiger partial charge in [0.2, 0.25) is 0 Å². The van der Waals surface area contributed by atoms with Gasteiger partial charge in [0, 0.05) is 29.3 Å². The number of hydrogen-bond donors (Lipinski definition) is 1. The Morgan fingerprint density at radius 2 is 1.78 bits per heavy atom. The number of benzene rings is 3. The van der Waals surface area contributed by atoms with E-state index in [1.165, 1.54) is 0 Å². The molecule has 0 amide bonds. The van der Waals surface area contributed by atoms with Crippen LogP contribution in [0.3, 0.4) is 0 Å². The summed E-state index contributed by atoms with van der Waals surface area (Å²) >= 11 is 0. The lowest BCUT2D eigenvalue weighted by Crippen LogP contribution is -2.37. The highest BCUT2D eigenvalue weighted by Gasteiger charge is 2.31. The molecule has 6 rings (SSSR count). The smallest absolute Gasteiger partial charge is 0.338 e. The Morgan fingerprint density at radius 1 is 0.978 bits per heavy atom. The van der Waals surface area contributed by atoms with Crippen LogP contribution in [-0.2, 0) is 17.6 Å². The minimum absolute atomic E-state index is 0.0544. The summed E-state index contributed by atoms with van der Waals surface area (Å²) in [5, 5.41) is 14.4. The third-order valence-corrected chi connectivity index (χ3v) is 8.73. The SMILES string of the molecule is CCCCc1c(Cc2ccc(-c3ccccc3-c3nnn[nH]3)cc2)c(=O)n2n1C(C)CCC2COc1cccc(C(=O)OCC)c1. The Balaban J connectivity index is 1.28. The highest BCUT2D eigenvalue weighted by atomic mass is 16.5. The van der Waals surface area contributed by atoms with E-state index >= 15 is 0 Å². The molecule has 3 aromatic carbocycles. The number of unbranched alkanes of at least 4 members (excludes halogenated alkanes) is 1. The van der Waals surface area contributed by atoms with E-state index in [1.807, 2.05) is 28.9 Å². The lowest BCUT2D eigenvalue weighted by Gasteiger charge is -2.32. The molecule has 0 spiro atoms. The average Bonchev–Trinajstić information content (AvgIpc) is 3.72. The Labute approximate surface area is 268 Å². The maximum Gasteiger partial charge on any atom is 0.338 e. The van der Waals surface area contributed by atoms with E-state index in [0.717, 1.165) is 65.6 Å². The summed E-state index contributed by atoms with van der Waals surface area (Å²) in [6.45, 7) is 6.82. The van der Waals surface area contributed by atoms with E-state index in [4.69, 9.17) is 9.47 Å². The summed E-state index contributed by atoms with van der Waals surface area (Å²) in [6.07, 6.45) is 5.26. The van der Waals surface area contributed by atoms with Gasteiger partial charge in [0.15, 0.2) is 5.82 Å². The topological polar surface area (TPSA) is 117 Å².